The lowest BCUT2D eigenvalue weighted by molar-refractivity contribution is -0.137. The number of phenolic OH excluding ortho intramolecular Hbond substituents is 1. The van der Waals surface area contributed by atoms with E-state index in [0.29, 0.717) is 30.8 Å². The maximum Gasteiger partial charge on any atom is 0.307 e. The standard InChI is InChI=1S/C12H13NO3.C8H8O3/c13-7-1-2-8-16-11-5-3-10(4-6-11)9-12(14)15;9-7-3-1-6(2-4-7)5-8(10)11/h3-6H,1-2,8-9H2,(H,14,15);1-4,9H,5H2,(H,10,11). The molecule has 3 N–H and O–H groups in total. The van der Waals surface area contributed by atoms with Gasteiger partial charge in [0.2, 0.25) is 0 Å². The highest BCUT2D eigenvalue weighted by Gasteiger charge is 2.00. The Labute approximate surface area is 157 Å². The van der Waals surface area contributed by atoms with Gasteiger partial charge in [0, 0.05) is 6.42 Å². The maximum absolute atomic E-state index is 10.4. The molecule has 0 amide bonds. The number of ether oxygens (including phenoxy) is 1. The first-order valence-corrected chi connectivity index (χ1v) is 8.21. The summed E-state index contributed by atoms with van der Waals surface area (Å²) in [6, 6.07) is 15.1. The number of benzene rings is 2. The van der Waals surface area contributed by atoms with Gasteiger partial charge >= 0.3 is 11.9 Å². The van der Waals surface area contributed by atoms with Crippen LogP contribution in [-0.2, 0) is 22.4 Å². The van der Waals surface area contributed by atoms with Gasteiger partial charge in [0.15, 0.2) is 0 Å². The van der Waals surface area contributed by atoms with E-state index in [-0.39, 0.29) is 18.6 Å². The number of rotatable bonds is 8. The van der Waals surface area contributed by atoms with Gasteiger partial charge in [-0.25, -0.2) is 0 Å². The molecule has 0 aliphatic carbocycles. The van der Waals surface area contributed by atoms with Crippen LogP contribution in [0.25, 0.3) is 0 Å². The lowest BCUT2D eigenvalue weighted by Gasteiger charge is -2.05. The minimum atomic E-state index is -0.865. The Bertz CT molecular complexity index is 763. The highest BCUT2D eigenvalue weighted by atomic mass is 16.5. The number of carboxylic acid groups (broad SMARTS) is 2. The lowest BCUT2D eigenvalue weighted by Crippen LogP contribution is -2.00. The Hall–Kier alpha value is -3.53. The van der Waals surface area contributed by atoms with Gasteiger partial charge in [0.1, 0.15) is 11.5 Å². The number of phenols is 1. The van der Waals surface area contributed by atoms with Crippen LogP contribution in [0.15, 0.2) is 48.5 Å². The molecule has 0 unspecified atom stereocenters. The van der Waals surface area contributed by atoms with E-state index < -0.39 is 11.9 Å². The summed E-state index contributed by atoms with van der Waals surface area (Å²) in [7, 11) is 0. The Morgan fingerprint density at radius 2 is 1.37 bits per heavy atom. The molecule has 0 aromatic heterocycles. The van der Waals surface area contributed by atoms with Crippen molar-refractivity contribution < 1.29 is 29.6 Å². The number of carboxylic acids is 2. The number of nitrogens with zero attached hydrogens (tertiary/aromatic N) is 1. The molecule has 7 heteroatoms. The number of aromatic hydroxyl groups is 1. The van der Waals surface area contributed by atoms with Crippen molar-refractivity contribution in [3.8, 4) is 17.6 Å². The molecule has 0 bridgehead atoms. The van der Waals surface area contributed by atoms with E-state index in [9.17, 15) is 9.59 Å². The summed E-state index contributed by atoms with van der Waals surface area (Å²) in [5.74, 6) is -0.857. The van der Waals surface area contributed by atoms with Gasteiger partial charge in [-0.05, 0) is 41.8 Å². The predicted octanol–water partition coefficient (Wildman–Crippen LogP) is 3.02. The molecular weight excluding hydrogens is 350 g/mol. The summed E-state index contributed by atoms with van der Waals surface area (Å²) in [4.78, 5) is 20.6. The largest absolute Gasteiger partial charge is 0.508 e. The van der Waals surface area contributed by atoms with Crippen LogP contribution in [0.4, 0.5) is 0 Å². The van der Waals surface area contributed by atoms with Crippen molar-refractivity contribution in [3.63, 3.8) is 0 Å². The third-order valence-electron chi connectivity index (χ3n) is 3.27. The smallest absolute Gasteiger partial charge is 0.307 e. The summed E-state index contributed by atoms with van der Waals surface area (Å²) >= 11 is 0. The predicted molar refractivity (Wildman–Crippen MR) is 97.6 cm³/mol. The zero-order valence-corrected chi connectivity index (χ0v) is 14.7. The molecule has 0 heterocycles. The molecule has 2 rings (SSSR count). The first-order chi connectivity index (χ1) is 12.9. The molecule has 27 heavy (non-hydrogen) atoms. The molecule has 0 saturated heterocycles. The fourth-order valence-corrected chi connectivity index (χ4v) is 2.01. The minimum Gasteiger partial charge on any atom is -0.508 e. The first-order valence-electron chi connectivity index (χ1n) is 8.21. The number of nitriles is 1. The Morgan fingerprint density at radius 3 is 1.81 bits per heavy atom. The van der Waals surface area contributed by atoms with Crippen LogP contribution in [0.1, 0.15) is 24.0 Å². The molecule has 0 radical (unpaired) electrons. The van der Waals surface area contributed by atoms with E-state index in [2.05, 4.69) is 0 Å². The molecule has 7 nitrogen and oxygen atoms in total. The van der Waals surface area contributed by atoms with Gasteiger partial charge in [-0.1, -0.05) is 24.3 Å². The van der Waals surface area contributed by atoms with Gasteiger partial charge in [-0.3, -0.25) is 9.59 Å². The van der Waals surface area contributed by atoms with E-state index in [1.165, 1.54) is 12.1 Å². The second kappa shape index (κ2) is 11.9. The van der Waals surface area contributed by atoms with Crippen LogP contribution >= 0.6 is 0 Å². The highest BCUT2D eigenvalue weighted by Crippen LogP contribution is 2.13. The van der Waals surface area contributed by atoms with Crippen molar-refractivity contribution in [1.29, 1.82) is 5.26 Å². The molecule has 0 spiro atoms. The summed E-state index contributed by atoms with van der Waals surface area (Å²) in [5, 5.41) is 34.1. The summed E-state index contributed by atoms with van der Waals surface area (Å²) in [5.41, 5.74) is 1.44. The fraction of sp³-hybridized carbons (Fsp3) is 0.250. The van der Waals surface area contributed by atoms with Gasteiger partial charge in [-0.15, -0.1) is 0 Å². The third-order valence-corrected chi connectivity index (χ3v) is 3.27. The zero-order valence-electron chi connectivity index (χ0n) is 14.7. The summed E-state index contributed by atoms with van der Waals surface area (Å²) < 4.78 is 5.37. The van der Waals surface area contributed by atoms with Crippen LogP contribution in [0.3, 0.4) is 0 Å². The van der Waals surface area contributed by atoms with Crippen molar-refractivity contribution in [2.24, 2.45) is 0 Å². The van der Waals surface area contributed by atoms with Crippen LogP contribution in [0.5, 0.6) is 11.5 Å². The van der Waals surface area contributed by atoms with E-state index in [4.69, 9.17) is 25.3 Å². The number of hydrogen-bond donors (Lipinski definition) is 3. The fourth-order valence-electron chi connectivity index (χ4n) is 2.01. The Kier molecular flexibility index (Phi) is 9.50. The number of aliphatic carboxylic acids is 2. The highest BCUT2D eigenvalue weighted by molar-refractivity contribution is 5.70. The monoisotopic (exact) mass is 371 g/mol. The molecule has 0 aliphatic heterocycles. The second-order valence-corrected chi connectivity index (χ2v) is 5.56. The van der Waals surface area contributed by atoms with E-state index in [1.807, 2.05) is 6.07 Å². The van der Waals surface area contributed by atoms with E-state index in [0.717, 1.165) is 5.56 Å². The molecule has 0 saturated carbocycles. The van der Waals surface area contributed by atoms with E-state index in [1.54, 1.807) is 36.4 Å². The summed E-state index contributed by atoms with van der Waals surface area (Å²) in [6.45, 7) is 0.506. The van der Waals surface area contributed by atoms with Crippen molar-refractivity contribution in [2.75, 3.05) is 6.61 Å². The van der Waals surface area contributed by atoms with Crippen molar-refractivity contribution in [1.82, 2.24) is 0 Å². The topological polar surface area (TPSA) is 128 Å². The second-order valence-electron chi connectivity index (χ2n) is 5.56. The van der Waals surface area contributed by atoms with E-state index >= 15 is 0 Å². The molecule has 142 valence electrons. The van der Waals surface area contributed by atoms with Gasteiger partial charge in [-0.2, -0.15) is 5.26 Å². The molecule has 0 fully saturated rings. The summed E-state index contributed by atoms with van der Waals surface area (Å²) in [6.07, 6.45) is 1.21. The molecule has 0 atom stereocenters. The average Bonchev–Trinajstić information content (AvgIpc) is 2.62. The van der Waals surface area contributed by atoms with Gasteiger partial charge in [0.25, 0.3) is 0 Å². The van der Waals surface area contributed by atoms with Gasteiger partial charge < -0.3 is 20.1 Å². The third kappa shape index (κ3) is 10.1. The lowest BCUT2D eigenvalue weighted by atomic mass is 10.1. The average molecular weight is 371 g/mol. The molecule has 2 aromatic rings. The zero-order chi connectivity index (χ0) is 20.1. The minimum absolute atomic E-state index is 0.000278. The Balaban J connectivity index is 0.000000289. The SMILES string of the molecule is N#CCCCOc1ccc(CC(=O)O)cc1.O=C(O)Cc1ccc(O)cc1. The van der Waals surface area contributed by atoms with Crippen LogP contribution in [0.2, 0.25) is 0 Å². The maximum atomic E-state index is 10.4. The molecule has 0 aliphatic rings. The number of unbranched alkanes of at least 4 members (excludes halogenated alkanes) is 1. The Morgan fingerprint density at radius 1 is 0.889 bits per heavy atom. The van der Waals surface area contributed by atoms with Crippen LogP contribution in [0, 0.1) is 11.3 Å². The molecular formula is C20H21NO6. The first kappa shape index (κ1) is 21.5. The quantitative estimate of drug-likeness (QED) is 0.608. The van der Waals surface area contributed by atoms with Crippen molar-refractivity contribution in [2.45, 2.75) is 25.7 Å². The normalized spacial score (nSPS) is 9.44. The van der Waals surface area contributed by atoms with Crippen LogP contribution < -0.4 is 4.74 Å². The number of hydrogen-bond acceptors (Lipinski definition) is 5. The van der Waals surface area contributed by atoms with Gasteiger partial charge in [0.05, 0.1) is 25.5 Å². The van der Waals surface area contributed by atoms with Crippen molar-refractivity contribution >= 4 is 11.9 Å². The van der Waals surface area contributed by atoms with Crippen LogP contribution in [-0.4, -0.2) is 33.9 Å². The van der Waals surface area contributed by atoms with Crippen molar-refractivity contribution in [3.05, 3.63) is 59.7 Å². The number of carbonyl (C=O) groups is 2. The molecule has 2 aromatic carbocycles.